The van der Waals surface area contributed by atoms with Crippen molar-refractivity contribution in [1.82, 2.24) is 10.2 Å². The average molecular weight is 283 g/mol. The van der Waals surface area contributed by atoms with Crippen LogP contribution in [0.3, 0.4) is 0 Å². The molecular weight excluding hydrogens is 264 g/mol. The Hall–Kier alpha value is -1.26. The first-order chi connectivity index (χ1) is 9.08. The van der Waals surface area contributed by atoms with Gasteiger partial charge in [-0.25, -0.2) is 0 Å². The Bertz CT molecular complexity index is 453. The first-order valence-corrected chi connectivity index (χ1v) is 6.89. The molecule has 0 spiro atoms. The zero-order valence-corrected chi connectivity index (χ0v) is 12.0. The van der Waals surface area contributed by atoms with Gasteiger partial charge in [-0.05, 0) is 32.0 Å². The van der Waals surface area contributed by atoms with Gasteiger partial charge in [0.15, 0.2) is 6.10 Å². The van der Waals surface area contributed by atoms with Crippen LogP contribution in [-0.4, -0.2) is 42.6 Å². The van der Waals surface area contributed by atoms with Crippen LogP contribution in [0.4, 0.5) is 0 Å². The van der Waals surface area contributed by atoms with Gasteiger partial charge in [0.25, 0.3) is 5.91 Å². The third-order valence-electron chi connectivity index (χ3n) is 3.24. The number of nitrogens with one attached hydrogen (secondary N) is 1. The van der Waals surface area contributed by atoms with Crippen LogP contribution in [0, 0.1) is 0 Å². The predicted molar refractivity (Wildman–Crippen MR) is 75.6 cm³/mol. The van der Waals surface area contributed by atoms with E-state index in [4.69, 9.17) is 16.3 Å². The summed E-state index contributed by atoms with van der Waals surface area (Å²) in [4.78, 5) is 14.2. The van der Waals surface area contributed by atoms with Crippen molar-refractivity contribution in [2.24, 2.45) is 0 Å². The van der Waals surface area contributed by atoms with Crippen LogP contribution in [-0.2, 0) is 4.79 Å². The second-order valence-corrected chi connectivity index (χ2v) is 5.24. The molecule has 1 fully saturated rings. The van der Waals surface area contributed by atoms with Crippen LogP contribution >= 0.6 is 11.6 Å². The summed E-state index contributed by atoms with van der Waals surface area (Å²) in [7, 11) is 0. The number of amides is 1. The molecule has 1 N–H and O–H groups in total. The first-order valence-electron chi connectivity index (χ1n) is 6.51. The third kappa shape index (κ3) is 3.61. The van der Waals surface area contributed by atoms with Crippen molar-refractivity contribution in [3.05, 3.63) is 29.3 Å². The SMILES string of the molecule is CC(Oc1cccc(Cl)c1)C(=O)N1CCNC[C@@H]1C. The summed E-state index contributed by atoms with van der Waals surface area (Å²) in [6, 6.07) is 7.30. The summed E-state index contributed by atoms with van der Waals surface area (Å²) in [5.74, 6) is 0.644. The van der Waals surface area contributed by atoms with Gasteiger partial charge in [-0.3, -0.25) is 4.79 Å². The van der Waals surface area contributed by atoms with Gasteiger partial charge in [-0.15, -0.1) is 0 Å². The highest BCUT2D eigenvalue weighted by atomic mass is 35.5. The molecule has 5 heteroatoms. The lowest BCUT2D eigenvalue weighted by Crippen LogP contribution is -2.55. The van der Waals surface area contributed by atoms with Crippen molar-refractivity contribution in [3.8, 4) is 5.75 Å². The smallest absolute Gasteiger partial charge is 0.263 e. The van der Waals surface area contributed by atoms with Crippen molar-refractivity contribution in [3.63, 3.8) is 0 Å². The largest absolute Gasteiger partial charge is 0.481 e. The van der Waals surface area contributed by atoms with E-state index in [-0.39, 0.29) is 11.9 Å². The predicted octanol–water partition coefficient (Wildman–Crippen LogP) is 1.93. The van der Waals surface area contributed by atoms with Gasteiger partial charge in [0.2, 0.25) is 0 Å². The van der Waals surface area contributed by atoms with Crippen molar-refractivity contribution in [2.45, 2.75) is 26.0 Å². The van der Waals surface area contributed by atoms with E-state index in [1.54, 1.807) is 25.1 Å². The van der Waals surface area contributed by atoms with E-state index in [9.17, 15) is 4.79 Å². The summed E-state index contributed by atoms with van der Waals surface area (Å²) in [6.45, 7) is 6.20. The van der Waals surface area contributed by atoms with Crippen LogP contribution < -0.4 is 10.1 Å². The zero-order valence-electron chi connectivity index (χ0n) is 11.2. The van der Waals surface area contributed by atoms with Gasteiger partial charge >= 0.3 is 0 Å². The minimum Gasteiger partial charge on any atom is -0.481 e. The fourth-order valence-electron chi connectivity index (χ4n) is 2.20. The van der Waals surface area contributed by atoms with Gasteiger partial charge in [-0.2, -0.15) is 0 Å². The highest BCUT2D eigenvalue weighted by molar-refractivity contribution is 6.30. The topological polar surface area (TPSA) is 41.6 Å². The quantitative estimate of drug-likeness (QED) is 0.921. The first kappa shape index (κ1) is 14.2. The molecule has 0 saturated carbocycles. The van der Waals surface area contributed by atoms with Crippen molar-refractivity contribution in [2.75, 3.05) is 19.6 Å². The molecule has 2 atom stereocenters. The summed E-state index contributed by atoms with van der Waals surface area (Å²) < 4.78 is 5.66. The summed E-state index contributed by atoms with van der Waals surface area (Å²) in [5.41, 5.74) is 0. The molecule has 0 aliphatic carbocycles. The van der Waals surface area contributed by atoms with Crippen LogP contribution in [0.25, 0.3) is 0 Å². The molecule has 2 rings (SSSR count). The van der Waals surface area contributed by atoms with Gasteiger partial charge in [0.05, 0.1) is 0 Å². The van der Waals surface area contributed by atoms with E-state index in [1.165, 1.54) is 0 Å². The lowest BCUT2D eigenvalue weighted by molar-refractivity contribution is -0.140. The van der Waals surface area contributed by atoms with Crippen LogP contribution in [0.15, 0.2) is 24.3 Å². The monoisotopic (exact) mass is 282 g/mol. The lowest BCUT2D eigenvalue weighted by atomic mass is 10.2. The van der Waals surface area contributed by atoms with Gasteiger partial charge in [0.1, 0.15) is 5.75 Å². The molecule has 1 heterocycles. The molecule has 4 nitrogen and oxygen atoms in total. The number of halogens is 1. The maximum Gasteiger partial charge on any atom is 0.263 e. The van der Waals surface area contributed by atoms with E-state index in [2.05, 4.69) is 5.32 Å². The number of carbonyl (C=O) groups excluding carboxylic acids is 1. The average Bonchev–Trinajstić information content (AvgIpc) is 2.38. The second-order valence-electron chi connectivity index (χ2n) is 4.80. The molecule has 1 aromatic rings. The molecule has 1 aliphatic heterocycles. The van der Waals surface area contributed by atoms with Gasteiger partial charge in [0, 0.05) is 30.7 Å². The number of hydrogen-bond acceptors (Lipinski definition) is 3. The lowest BCUT2D eigenvalue weighted by Gasteiger charge is -2.35. The summed E-state index contributed by atoms with van der Waals surface area (Å²) in [5, 5.41) is 3.87. The Labute approximate surface area is 118 Å². The van der Waals surface area contributed by atoms with E-state index in [0.717, 1.165) is 19.6 Å². The van der Waals surface area contributed by atoms with Crippen molar-refractivity contribution in [1.29, 1.82) is 0 Å². The Morgan fingerprint density at radius 2 is 2.37 bits per heavy atom. The molecule has 1 aliphatic rings. The van der Waals surface area contributed by atoms with E-state index in [0.29, 0.717) is 10.8 Å². The van der Waals surface area contributed by atoms with E-state index >= 15 is 0 Å². The van der Waals surface area contributed by atoms with Crippen LogP contribution in [0.5, 0.6) is 5.75 Å². The minimum atomic E-state index is -0.501. The highest BCUT2D eigenvalue weighted by Crippen LogP contribution is 2.19. The number of carbonyl (C=O) groups is 1. The van der Waals surface area contributed by atoms with Crippen LogP contribution in [0.2, 0.25) is 5.02 Å². The molecule has 1 amide bonds. The fraction of sp³-hybridized carbons (Fsp3) is 0.500. The number of piperazine rings is 1. The molecule has 1 saturated heterocycles. The standard InChI is InChI=1S/C14H19ClN2O2/c1-10-9-16-6-7-17(10)14(18)11(2)19-13-5-3-4-12(15)8-13/h3-5,8,10-11,16H,6-7,9H2,1-2H3/t10-,11?/m0/s1. The zero-order chi connectivity index (χ0) is 13.8. The second kappa shape index (κ2) is 6.26. The highest BCUT2D eigenvalue weighted by Gasteiger charge is 2.27. The number of benzene rings is 1. The molecular formula is C14H19ClN2O2. The molecule has 104 valence electrons. The normalized spacial score (nSPS) is 21.0. The van der Waals surface area contributed by atoms with Crippen LogP contribution in [0.1, 0.15) is 13.8 Å². The number of nitrogens with zero attached hydrogens (tertiary/aromatic N) is 1. The van der Waals surface area contributed by atoms with E-state index < -0.39 is 6.10 Å². The number of hydrogen-bond donors (Lipinski definition) is 1. The maximum atomic E-state index is 12.3. The van der Waals surface area contributed by atoms with Crippen molar-refractivity contribution < 1.29 is 9.53 Å². The minimum absolute atomic E-state index is 0.0222. The summed E-state index contributed by atoms with van der Waals surface area (Å²) >= 11 is 5.90. The molecule has 19 heavy (non-hydrogen) atoms. The number of ether oxygens (including phenoxy) is 1. The van der Waals surface area contributed by atoms with E-state index in [1.807, 2.05) is 17.9 Å². The summed E-state index contributed by atoms with van der Waals surface area (Å²) in [6.07, 6.45) is -0.501. The molecule has 0 bridgehead atoms. The molecule has 0 aromatic heterocycles. The third-order valence-corrected chi connectivity index (χ3v) is 3.48. The Morgan fingerprint density at radius 1 is 1.58 bits per heavy atom. The van der Waals surface area contributed by atoms with Gasteiger partial charge < -0.3 is 15.0 Å². The Morgan fingerprint density at radius 3 is 3.05 bits per heavy atom. The maximum absolute atomic E-state index is 12.3. The van der Waals surface area contributed by atoms with Crippen molar-refractivity contribution >= 4 is 17.5 Å². The molecule has 0 radical (unpaired) electrons. The Kier molecular flexibility index (Phi) is 4.66. The molecule has 1 aromatic carbocycles. The number of rotatable bonds is 3. The molecule has 1 unspecified atom stereocenters. The Balaban J connectivity index is 1.99. The fourth-order valence-corrected chi connectivity index (χ4v) is 2.38. The van der Waals surface area contributed by atoms with Gasteiger partial charge in [-0.1, -0.05) is 17.7 Å².